The minimum absolute atomic E-state index is 0.000627. The van der Waals surface area contributed by atoms with E-state index in [1.807, 2.05) is 18.4 Å². The molecule has 3 aromatic rings. The van der Waals surface area contributed by atoms with Gasteiger partial charge in [-0.2, -0.15) is 0 Å². The summed E-state index contributed by atoms with van der Waals surface area (Å²) < 4.78 is 28.1. The van der Waals surface area contributed by atoms with Crippen LogP contribution in [0.2, 0.25) is 0 Å². The number of fused-ring (bicyclic) bond motifs is 1. The second kappa shape index (κ2) is 10.5. The minimum atomic E-state index is -3.52. The van der Waals surface area contributed by atoms with Crippen molar-refractivity contribution in [2.24, 2.45) is 0 Å². The average Bonchev–Trinajstić information content (AvgIpc) is 3.33. The molecule has 0 aliphatic heterocycles. The maximum Gasteiger partial charge on any atom is 0.242 e. The van der Waals surface area contributed by atoms with E-state index >= 15 is 0 Å². The molecule has 0 saturated heterocycles. The quantitative estimate of drug-likeness (QED) is 0.428. The van der Waals surface area contributed by atoms with Crippen LogP contribution in [0.4, 0.5) is 0 Å². The van der Waals surface area contributed by atoms with E-state index in [1.165, 1.54) is 18.4 Å². The number of imidazole rings is 1. The van der Waals surface area contributed by atoms with E-state index < -0.39 is 10.0 Å². The van der Waals surface area contributed by atoms with E-state index in [0.29, 0.717) is 31.4 Å². The Labute approximate surface area is 193 Å². The molecule has 10 heteroatoms. The Hall–Kier alpha value is -2.30. The molecule has 0 spiro atoms. The molecule has 32 heavy (non-hydrogen) atoms. The van der Waals surface area contributed by atoms with Crippen molar-refractivity contribution in [3.05, 3.63) is 40.1 Å². The Morgan fingerprint density at radius 2 is 1.97 bits per heavy atom. The average molecular weight is 478 g/mol. The lowest BCUT2D eigenvalue weighted by molar-refractivity contribution is -0.121. The van der Waals surface area contributed by atoms with Crippen molar-refractivity contribution >= 4 is 38.3 Å². The molecule has 0 radical (unpaired) electrons. The third-order valence-corrected chi connectivity index (χ3v) is 8.11. The summed E-state index contributed by atoms with van der Waals surface area (Å²) >= 11 is 1.68. The van der Waals surface area contributed by atoms with Crippen LogP contribution >= 0.6 is 11.3 Å². The number of hydrogen-bond acceptors (Lipinski definition) is 6. The van der Waals surface area contributed by atoms with Crippen LogP contribution in [0.5, 0.6) is 0 Å². The van der Waals surface area contributed by atoms with E-state index in [4.69, 9.17) is 0 Å². The van der Waals surface area contributed by atoms with Gasteiger partial charge >= 0.3 is 0 Å². The third-order valence-electron chi connectivity index (χ3n) is 5.28. The van der Waals surface area contributed by atoms with Crippen molar-refractivity contribution in [1.29, 1.82) is 0 Å². The molecular weight excluding hydrogens is 446 g/mol. The number of rotatable bonds is 11. The van der Waals surface area contributed by atoms with Crippen molar-refractivity contribution < 1.29 is 13.2 Å². The number of unbranched alkanes of at least 4 members (excludes halogenated alkanes) is 1. The topological polar surface area (TPSA) is 97.2 Å². The number of carbonyl (C=O) groups excluding carboxylic acids is 1. The smallest absolute Gasteiger partial charge is 0.242 e. The number of carbonyl (C=O) groups is 1. The maximum absolute atomic E-state index is 12.4. The fourth-order valence-electron chi connectivity index (χ4n) is 3.53. The molecule has 0 saturated carbocycles. The number of amides is 1. The Balaban J connectivity index is 1.55. The van der Waals surface area contributed by atoms with Crippen LogP contribution in [-0.4, -0.2) is 53.8 Å². The summed E-state index contributed by atoms with van der Waals surface area (Å²) in [6.45, 7) is 5.36. The lowest BCUT2D eigenvalue weighted by Crippen LogP contribution is -2.25. The molecule has 2 aromatic heterocycles. The first-order chi connectivity index (χ1) is 15.2. The summed E-state index contributed by atoms with van der Waals surface area (Å²) in [5.41, 5.74) is 2.56. The highest BCUT2D eigenvalue weighted by atomic mass is 32.2. The Morgan fingerprint density at radius 1 is 1.19 bits per heavy atom. The fourth-order valence-corrected chi connectivity index (χ4v) is 5.28. The van der Waals surface area contributed by atoms with Crippen LogP contribution < -0.4 is 5.32 Å². The fraction of sp³-hybridized carbons (Fsp3) is 0.500. The third kappa shape index (κ3) is 5.73. The van der Waals surface area contributed by atoms with E-state index in [0.717, 1.165) is 41.3 Å². The summed E-state index contributed by atoms with van der Waals surface area (Å²) in [5, 5.41) is 6.18. The van der Waals surface area contributed by atoms with E-state index in [1.54, 1.807) is 29.5 Å². The Bertz CT molecular complexity index is 1180. The van der Waals surface area contributed by atoms with Gasteiger partial charge in [0.1, 0.15) is 5.82 Å². The molecule has 2 heterocycles. The van der Waals surface area contributed by atoms with Crippen molar-refractivity contribution in [1.82, 2.24) is 24.2 Å². The van der Waals surface area contributed by atoms with Gasteiger partial charge in [0.05, 0.1) is 20.9 Å². The van der Waals surface area contributed by atoms with Gasteiger partial charge in [-0.3, -0.25) is 4.79 Å². The van der Waals surface area contributed by atoms with Crippen molar-refractivity contribution in [3.8, 4) is 0 Å². The summed E-state index contributed by atoms with van der Waals surface area (Å²) in [7, 11) is -0.503. The summed E-state index contributed by atoms with van der Waals surface area (Å²) in [4.78, 5) is 21.6. The molecule has 0 atom stereocenters. The van der Waals surface area contributed by atoms with Crippen molar-refractivity contribution in [3.63, 3.8) is 0 Å². The van der Waals surface area contributed by atoms with Crippen LogP contribution in [0.15, 0.2) is 28.5 Å². The lowest BCUT2D eigenvalue weighted by Gasteiger charge is -2.11. The zero-order valence-electron chi connectivity index (χ0n) is 19.1. The molecule has 0 unspecified atom stereocenters. The molecule has 0 aliphatic carbocycles. The van der Waals surface area contributed by atoms with E-state index in [9.17, 15) is 13.2 Å². The van der Waals surface area contributed by atoms with Crippen molar-refractivity contribution in [2.75, 3.05) is 20.6 Å². The first-order valence-corrected chi connectivity index (χ1v) is 13.1. The Morgan fingerprint density at radius 3 is 2.62 bits per heavy atom. The highest BCUT2D eigenvalue weighted by molar-refractivity contribution is 7.89. The molecular formula is C22H31N5O3S2. The first kappa shape index (κ1) is 24.3. The van der Waals surface area contributed by atoms with Gasteiger partial charge in [-0.25, -0.2) is 22.7 Å². The predicted octanol–water partition coefficient (Wildman–Crippen LogP) is 3.14. The van der Waals surface area contributed by atoms with Gasteiger partial charge in [0.25, 0.3) is 0 Å². The minimum Gasteiger partial charge on any atom is -0.356 e. The van der Waals surface area contributed by atoms with Crippen LogP contribution in [0.1, 0.15) is 42.7 Å². The lowest BCUT2D eigenvalue weighted by atomic mass is 10.2. The molecule has 0 fully saturated rings. The predicted molar refractivity (Wildman–Crippen MR) is 127 cm³/mol. The largest absolute Gasteiger partial charge is 0.356 e. The van der Waals surface area contributed by atoms with Gasteiger partial charge in [0.15, 0.2) is 0 Å². The highest BCUT2D eigenvalue weighted by Gasteiger charge is 2.19. The number of nitrogens with zero attached hydrogens (tertiary/aromatic N) is 4. The number of aryl methyl sites for hydroxylation is 4. The van der Waals surface area contributed by atoms with Crippen LogP contribution in [0, 0.1) is 6.92 Å². The number of aromatic nitrogens is 3. The maximum atomic E-state index is 12.4. The molecule has 0 aliphatic rings. The molecule has 1 aromatic carbocycles. The van der Waals surface area contributed by atoms with Crippen LogP contribution in [0.3, 0.4) is 0 Å². The highest BCUT2D eigenvalue weighted by Crippen LogP contribution is 2.22. The second-order valence-corrected chi connectivity index (χ2v) is 11.0. The summed E-state index contributed by atoms with van der Waals surface area (Å²) in [6.07, 6.45) is 3.71. The molecule has 8 nitrogen and oxygen atoms in total. The molecule has 1 N–H and O–H groups in total. The SMILES string of the molecule is CCn1c(CCC(=O)NCCCCc2nc(C)cs2)nc2cc(S(=O)(=O)N(C)C)ccc21. The number of thiazole rings is 1. The van der Waals surface area contributed by atoms with Crippen molar-refractivity contribution in [2.45, 2.75) is 57.4 Å². The summed E-state index contributed by atoms with van der Waals surface area (Å²) in [6, 6.07) is 5.00. The standard InChI is InChI=1S/C22H31N5O3S2/c1-5-27-19-10-9-17(32(29,30)26(3)4)14-18(19)25-20(27)11-12-21(28)23-13-7-6-8-22-24-16(2)15-31-22/h9-10,14-15H,5-8,11-13H2,1-4H3,(H,23,28). The van der Waals surface area contributed by atoms with Gasteiger partial charge in [0, 0.05) is 51.1 Å². The zero-order chi connectivity index (χ0) is 23.3. The van der Waals surface area contributed by atoms with Crippen LogP contribution in [-0.2, 0) is 34.2 Å². The summed E-state index contributed by atoms with van der Waals surface area (Å²) in [5.74, 6) is 0.789. The van der Waals surface area contributed by atoms with Crippen LogP contribution in [0.25, 0.3) is 11.0 Å². The molecule has 174 valence electrons. The van der Waals surface area contributed by atoms with E-state index in [-0.39, 0.29) is 10.8 Å². The normalized spacial score (nSPS) is 12.0. The molecule has 1 amide bonds. The molecule has 3 rings (SSSR count). The number of hydrogen-bond donors (Lipinski definition) is 1. The zero-order valence-corrected chi connectivity index (χ0v) is 20.7. The first-order valence-electron chi connectivity index (χ1n) is 10.8. The molecule has 0 bridgehead atoms. The number of nitrogens with one attached hydrogen (secondary N) is 1. The number of benzene rings is 1. The van der Waals surface area contributed by atoms with Gasteiger partial charge in [0.2, 0.25) is 15.9 Å². The second-order valence-electron chi connectivity index (χ2n) is 7.90. The van der Waals surface area contributed by atoms with Gasteiger partial charge < -0.3 is 9.88 Å². The van der Waals surface area contributed by atoms with E-state index in [2.05, 4.69) is 20.7 Å². The number of sulfonamides is 1. The van der Waals surface area contributed by atoms with Gasteiger partial charge in [-0.1, -0.05) is 0 Å². The Kier molecular flexibility index (Phi) is 8.02. The monoisotopic (exact) mass is 477 g/mol. The van der Waals surface area contributed by atoms with Gasteiger partial charge in [-0.05, 0) is 51.3 Å². The van der Waals surface area contributed by atoms with Gasteiger partial charge in [-0.15, -0.1) is 11.3 Å².